The minimum Gasteiger partial charge on any atom is -0.466 e. The number of nitrogens with zero attached hydrogens (tertiary/aromatic N) is 1. The van der Waals surface area contributed by atoms with Crippen LogP contribution in [0.3, 0.4) is 0 Å². The van der Waals surface area contributed by atoms with Crippen molar-refractivity contribution < 1.29 is 29.3 Å². The summed E-state index contributed by atoms with van der Waals surface area (Å²) in [5, 5.41) is 19.3. The lowest BCUT2D eigenvalue weighted by atomic mass is 9.95. The van der Waals surface area contributed by atoms with Gasteiger partial charge in [0, 0.05) is 19.5 Å². The first-order chi connectivity index (χ1) is 23.0. The first-order valence-electron chi connectivity index (χ1n) is 20.3. The van der Waals surface area contributed by atoms with Gasteiger partial charge in [0.15, 0.2) is 0 Å². The summed E-state index contributed by atoms with van der Waals surface area (Å²) >= 11 is 0. The van der Waals surface area contributed by atoms with Crippen molar-refractivity contribution in [2.75, 3.05) is 39.5 Å². The zero-order valence-electron chi connectivity index (χ0n) is 31.5. The molecular formula is C40H79NO6. The third kappa shape index (κ3) is 33.1. The molecule has 0 amide bonds. The third-order valence-corrected chi connectivity index (χ3v) is 9.34. The second-order valence-electron chi connectivity index (χ2n) is 14.1. The highest BCUT2D eigenvalue weighted by Crippen LogP contribution is 2.20. The molecule has 0 saturated heterocycles. The highest BCUT2D eigenvalue weighted by atomic mass is 16.5. The fourth-order valence-corrected chi connectivity index (χ4v) is 6.20. The van der Waals surface area contributed by atoms with Crippen LogP contribution < -0.4 is 0 Å². The number of carbonyl (C=O) groups is 2. The number of ether oxygens (including phenoxy) is 2. The van der Waals surface area contributed by atoms with Crippen LogP contribution in [0.5, 0.6) is 0 Å². The minimum absolute atomic E-state index is 0.0933. The van der Waals surface area contributed by atoms with E-state index in [-0.39, 0.29) is 25.0 Å². The summed E-state index contributed by atoms with van der Waals surface area (Å²) in [5.74, 6) is 0.187. The standard InChI is InChI=1S/C40H79NO6/c1-4-7-10-13-15-16-17-18-20-26-33-46-40(45)30-32-41(34-38(43)35-42)31-25-21-24-29-39(44)47-36-37(27-22-12-9-6-3)28-23-19-14-11-8-5-2/h37-38,42-43H,4-36H2,1-3H3. The quantitative estimate of drug-likeness (QED) is 0.0502. The lowest BCUT2D eigenvalue weighted by Crippen LogP contribution is -2.36. The third-order valence-electron chi connectivity index (χ3n) is 9.34. The average molecular weight is 670 g/mol. The molecule has 0 saturated carbocycles. The smallest absolute Gasteiger partial charge is 0.307 e. The Morgan fingerprint density at radius 3 is 1.57 bits per heavy atom. The molecule has 0 fully saturated rings. The van der Waals surface area contributed by atoms with Crippen LogP contribution in [-0.2, 0) is 19.1 Å². The van der Waals surface area contributed by atoms with Gasteiger partial charge in [-0.2, -0.15) is 0 Å². The Bertz CT molecular complexity index is 675. The fraction of sp³-hybridized carbons (Fsp3) is 0.950. The van der Waals surface area contributed by atoms with Crippen LogP contribution in [0.2, 0.25) is 0 Å². The summed E-state index contributed by atoms with van der Waals surface area (Å²) in [6.07, 6.45) is 30.0. The van der Waals surface area contributed by atoms with Crippen molar-refractivity contribution in [3.63, 3.8) is 0 Å². The Labute approximate surface area is 291 Å². The lowest BCUT2D eigenvalue weighted by molar-refractivity contribution is -0.146. The predicted octanol–water partition coefficient (Wildman–Crippen LogP) is 9.94. The van der Waals surface area contributed by atoms with Gasteiger partial charge in [0.1, 0.15) is 0 Å². The van der Waals surface area contributed by atoms with Crippen molar-refractivity contribution >= 4 is 11.9 Å². The molecule has 2 unspecified atom stereocenters. The Morgan fingerprint density at radius 1 is 0.553 bits per heavy atom. The number of unbranched alkanes of at least 4 members (excludes halogenated alkanes) is 19. The minimum atomic E-state index is -0.834. The fourth-order valence-electron chi connectivity index (χ4n) is 6.20. The summed E-state index contributed by atoms with van der Waals surface area (Å²) in [6, 6.07) is 0. The van der Waals surface area contributed by atoms with E-state index < -0.39 is 6.10 Å². The molecular weight excluding hydrogens is 590 g/mol. The summed E-state index contributed by atoms with van der Waals surface area (Å²) in [5.41, 5.74) is 0. The number of rotatable bonds is 37. The number of carbonyl (C=O) groups excluding carboxylic acids is 2. The van der Waals surface area contributed by atoms with Gasteiger partial charge in [-0.15, -0.1) is 0 Å². The second kappa shape index (κ2) is 36.1. The van der Waals surface area contributed by atoms with Crippen molar-refractivity contribution in [2.24, 2.45) is 5.92 Å². The van der Waals surface area contributed by atoms with Crippen LogP contribution in [0.25, 0.3) is 0 Å². The summed E-state index contributed by atoms with van der Waals surface area (Å²) < 4.78 is 11.2. The molecule has 47 heavy (non-hydrogen) atoms. The van der Waals surface area contributed by atoms with Crippen molar-refractivity contribution in [3.8, 4) is 0 Å². The van der Waals surface area contributed by atoms with E-state index in [0.717, 1.165) is 44.9 Å². The van der Waals surface area contributed by atoms with Crippen LogP contribution in [0.1, 0.15) is 194 Å². The molecule has 0 aliphatic rings. The van der Waals surface area contributed by atoms with Gasteiger partial charge in [-0.05, 0) is 44.6 Å². The van der Waals surface area contributed by atoms with Crippen LogP contribution >= 0.6 is 0 Å². The highest BCUT2D eigenvalue weighted by Gasteiger charge is 2.15. The number of hydrogen-bond acceptors (Lipinski definition) is 7. The van der Waals surface area contributed by atoms with Crippen LogP contribution in [0.4, 0.5) is 0 Å². The molecule has 0 spiro atoms. The maximum absolute atomic E-state index is 12.5. The topological polar surface area (TPSA) is 96.3 Å². The molecule has 2 N–H and O–H groups in total. The SMILES string of the molecule is CCCCCCCCCCCCOC(=O)CCN(CCCCCC(=O)OCC(CCCCCC)CCCCCCCC)CC(O)CO. The van der Waals surface area contributed by atoms with E-state index in [1.54, 1.807) is 0 Å². The van der Waals surface area contributed by atoms with E-state index >= 15 is 0 Å². The lowest BCUT2D eigenvalue weighted by Gasteiger charge is -2.24. The molecule has 0 aromatic carbocycles. The highest BCUT2D eigenvalue weighted by molar-refractivity contribution is 5.69. The van der Waals surface area contributed by atoms with Crippen LogP contribution in [0.15, 0.2) is 0 Å². The predicted molar refractivity (Wildman–Crippen MR) is 197 cm³/mol. The van der Waals surface area contributed by atoms with Gasteiger partial charge in [0.05, 0.1) is 32.3 Å². The van der Waals surface area contributed by atoms with Crippen molar-refractivity contribution in [1.29, 1.82) is 0 Å². The largest absolute Gasteiger partial charge is 0.466 e. The monoisotopic (exact) mass is 670 g/mol. The van der Waals surface area contributed by atoms with Gasteiger partial charge in [-0.1, -0.05) is 149 Å². The molecule has 0 heterocycles. The van der Waals surface area contributed by atoms with Crippen molar-refractivity contribution in [3.05, 3.63) is 0 Å². The first kappa shape index (κ1) is 45.8. The van der Waals surface area contributed by atoms with Gasteiger partial charge >= 0.3 is 11.9 Å². The Morgan fingerprint density at radius 2 is 1.02 bits per heavy atom. The number of hydrogen-bond donors (Lipinski definition) is 2. The molecule has 0 bridgehead atoms. The molecule has 2 atom stereocenters. The van der Waals surface area contributed by atoms with Gasteiger partial charge in [0.25, 0.3) is 0 Å². The zero-order valence-corrected chi connectivity index (χ0v) is 31.5. The summed E-state index contributed by atoms with van der Waals surface area (Å²) in [7, 11) is 0. The van der Waals surface area contributed by atoms with Crippen LogP contribution in [0, 0.1) is 5.92 Å². The molecule has 0 radical (unpaired) electrons. The molecule has 0 aliphatic heterocycles. The van der Waals surface area contributed by atoms with Gasteiger partial charge in [-0.3, -0.25) is 9.59 Å². The first-order valence-corrected chi connectivity index (χ1v) is 20.3. The maximum atomic E-state index is 12.5. The van der Waals surface area contributed by atoms with E-state index in [0.29, 0.717) is 45.2 Å². The molecule has 7 heteroatoms. The summed E-state index contributed by atoms with van der Waals surface area (Å²) in [4.78, 5) is 26.8. The maximum Gasteiger partial charge on any atom is 0.307 e. The van der Waals surface area contributed by atoms with Gasteiger partial charge < -0.3 is 24.6 Å². The molecule has 0 aromatic rings. The molecule has 7 nitrogen and oxygen atoms in total. The van der Waals surface area contributed by atoms with Crippen LogP contribution in [-0.4, -0.2) is 72.6 Å². The Kier molecular flexibility index (Phi) is 35.2. The van der Waals surface area contributed by atoms with E-state index in [1.807, 2.05) is 4.90 Å². The second-order valence-corrected chi connectivity index (χ2v) is 14.1. The number of aliphatic hydroxyl groups excluding tert-OH is 2. The van der Waals surface area contributed by atoms with Gasteiger partial charge in [0.2, 0.25) is 0 Å². The summed E-state index contributed by atoms with van der Waals surface area (Å²) in [6.45, 7) is 8.99. The normalized spacial score (nSPS) is 12.8. The van der Waals surface area contributed by atoms with E-state index in [9.17, 15) is 19.8 Å². The number of aliphatic hydroxyl groups is 2. The molecule has 280 valence electrons. The average Bonchev–Trinajstić information content (AvgIpc) is 3.07. The zero-order chi connectivity index (χ0) is 34.6. The Hall–Kier alpha value is -1.18. The molecule has 0 rings (SSSR count). The number of esters is 2. The van der Waals surface area contributed by atoms with Crippen molar-refractivity contribution in [2.45, 2.75) is 200 Å². The van der Waals surface area contributed by atoms with Gasteiger partial charge in [-0.25, -0.2) is 0 Å². The van der Waals surface area contributed by atoms with E-state index in [1.165, 1.54) is 116 Å². The Balaban J connectivity index is 4.20. The molecule has 0 aliphatic carbocycles. The van der Waals surface area contributed by atoms with Crippen molar-refractivity contribution in [1.82, 2.24) is 4.90 Å². The molecule has 0 aromatic heterocycles. The van der Waals surface area contributed by atoms with E-state index in [2.05, 4.69) is 20.8 Å². The van der Waals surface area contributed by atoms with E-state index in [4.69, 9.17) is 9.47 Å².